The highest BCUT2D eigenvalue weighted by molar-refractivity contribution is 7.90. The molecule has 0 saturated carbocycles. The van der Waals surface area contributed by atoms with Crippen LogP contribution in [0.25, 0.3) is 0 Å². The van der Waals surface area contributed by atoms with E-state index in [1.54, 1.807) is 16.4 Å². The third-order valence-electron chi connectivity index (χ3n) is 1.57. The Labute approximate surface area is 87.3 Å². The molecule has 80 valence electrons. The van der Waals surface area contributed by atoms with Gasteiger partial charge in [0.2, 0.25) is 0 Å². The second-order valence-corrected chi connectivity index (χ2v) is 4.52. The van der Waals surface area contributed by atoms with Crippen LogP contribution >= 0.6 is 11.8 Å². The zero-order chi connectivity index (χ0) is 9.90. The zero-order valence-corrected chi connectivity index (χ0v) is 8.77. The molecule has 0 heterocycles. The van der Waals surface area contributed by atoms with E-state index in [9.17, 15) is 8.42 Å². The average molecular weight is 239 g/mol. The van der Waals surface area contributed by atoms with Gasteiger partial charge in [-0.15, -0.1) is 4.24 Å². The van der Waals surface area contributed by atoms with Crippen LogP contribution in [0.4, 0.5) is 0 Å². The van der Waals surface area contributed by atoms with Crippen LogP contribution in [0.2, 0.25) is 0 Å². The molecule has 1 aromatic rings. The Morgan fingerprint density at radius 3 is 2.14 bits per heavy atom. The molecule has 0 aliphatic carbocycles. The van der Waals surface area contributed by atoms with Crippen molar-refractivity contribution in [2.75, 3.05) is 0 Å². The highest BCUT2D eigenvalue weighted by atomic mass is 35.5. The van der Waals surface area contributed by atoms with Gasteiger partial charge in [0.1, 0.15) is 0 Å². The largest absolute Gasteiger partial charge is 0.412 e. The van der Waals surface area contributed by atoms with Crippen LogP contribution in [0.3, 0.4) is 0 Å². The minimum Gasteiger partial charge on any atom is -0.412 e. The summed E-state index contributed by atoms with van der Waals surface area (Å²) < 4.78 is 24.0. The highest BCUT2D eigenvalue weighted by Gasteiger charge is 2.10. The lowest BCUT2D eigenvalue weighted by Gasteiger charge is -2.01. The van der Waals surface area contributed by atoms with Gasteiger partial charge in [0.25, 0.3) is 10.0 Å². The molecule has 0 saturated heterocycles. The SMILES string of the molecule is NCc1ccc(S(=O)(=O)NCl)cc1.O. The maximum Gasteiger partial charge on any atom is 0.253 e. The first kappa shape index (κ1) is 13.3. The minimum absolute atomic E-state index is 0. The Hall–Kier alpha value is -0.660. The molecule has 0 aliphatic rings. The van der Waals surface area contributed by atoms with Gasteiger partial charge in [-0.05, 0) is 29.5 Å². The van der Waals surface area contributed by atoms with Crippen LogP contribution in [0.15, 0.2) is 29.2 Å². The van der Waals surface area contributed by atoms with Crippen molar-refractivity contribution in [3.63, 3.8) is 0 Å². The first-order chi connectivity index (χ1) is 6.10. The third kappa shape index (κ3) is 2.93. The van der Waals surface area contributed by atoms with Gasteiger partial charge in [0, 0.05) is 6.54 Å². The van der Waals surface area contributed by atoms with E-state index in [1.165, 1.54) is 12.1 Å². The summed E-state index contributed by atoms with van der Waals surface area (Å²) in [6.07, 6.45) is 0. The van der Waals surface area contributed by atoms with Crippen LogP contribution in [0.5, 0.6) is 0 Å². The van der Waals surface area contributed by atoms with Crippen LogP contribution in [-0.4, -0.2) is 13.9 Å². The Kier molecular flexibility index (Phi) is 5.03. The molecule has 14 heavy (non-hydrogen) atoms. The molecule has 0 fully saturated rings. The van der Waals surface area contributed by atoms with Gasteiger partial charge in [-0.1, -0.05) is 12.1 Å². The number of benzene rings is 1. The lowest BCUT2D eigenvalue weighted by atomic mass is 10.2. The maximum absolute atomic E-state index is 11.1. The molecule has 1 aromatic carbocycles. The van der Waals surface area contributed by atoms with Crippen molar-refractivity contribution in [3.8, 4) is 0 Å². The summed E-state index contributed by atoms with van der Waals surface area (Å²) in [7, 11) is -3.55. The van der Waals surface area contributed by atoms with Gasteiger partial charge in [-0.2, -0.15) is 0 Å². The molecular weight excluding hydrogens is 228 g/mol. The van der Waals surface area contributed by atoms with Crippen LogP contribution in [0, 0.1) is 0 Å². The van der Waals surface area contributed by atoms with E-state index in [-0.39, 0.29) is 10.4 Å². The van der Waals surface area contributed by atoms with Crippen molar-refractivity contribution in [1.29, 1.82) is 0 Å². The van der Waals surface area contributed by atoms with Crippen molar-refractivity contribution >= 4 is 21.8 Å². The van der Waals surface area contributed by atoms with Crippen molar-refractivity contribution < 1.29 is 13.9 Å². The Morgan fingerprint density at radius 1 is 1.29 bits per heavy atom. The molecule has 0 amide bonds. The summed E-state index contributed by atoms with van der Waals surface area (Å²) in [5.74, 6) is 0. The van der Waals surface area contributed by atoms with Crippen molar-refractivity contribution in [3.05, 3.63) is 29.8 Å². The molecule has 0 bridgehead atoms. The summed E-state index contributed by atoms with van der Waals surface area (Å²) in [5.41, 5.74) is 6.22. The van der Waals surface area contributed by atoms with E-state index in [4.69, 9.17) is 17.5 Å². The lowest BCUT2D eigenvalue weighted by molar-refractivity contribution is 0.594. The summed E-state index contributed by atoms with van der Waals surface area (Å²) >= 11 is 5.04. The van der Waals surface area contributed by atoms with Crippen molar-refractivity contribution in [1.82, 2.24) is 4.24 Å². The lowest BCUT2D eigenvalue weighted by Crippen LogP contribution is -2.13. The van der Waals surface area contributed by atoms with Crippen molar-refractivity contribution in [2.24, 2.45) is 5.73 Å². The van der Waals surface area contributed by atoms with E-state index in [0.717, 1.165) is 5.56 Å². The molecule has 7 heteroatoms. The highest BCUT2D eigenvalue weighted by Crippen LogP contribution is 2.10. The Morgan fingerprint density at radius 2 is 1.79 bits per heavy atom. The second kappa shape index (κ2) is 5.28. The summed E-state index contributed by atoms with van der Waals surface area (Å²) in [6, 6.07) is 6.18. The predicted molar refractivity (Wildman–Crippen MR) is 54.1 cm³/mol. The molecule has 5 nitrogen and oxygen atoms in total. The average Bonchev–Trinajstić information content (AvgIpc) is 2.18. The second-order valence-electron chi connectivity index (χ2n) is 2.43. The molecule has 1 rings (SSSR count). The zero-order valence-electron chi connectivity index (χ0n) is 7.20. The van der Waals surface area contributed by atoms with Gasteiger partial charge in [0.15, 0.2) is 0 Å². The number of hydrogen-bond acceptors (Lipinski definition) is 3. The number of nitrogens with two attached hydrogens (primary N) is 1. The summed E-state index contributed by atoms with van der Waals surface area (Å²) in [5, 5.41) is 0. The molecule has 0 radical (unpaired) electrons. The van der Waals surface area contributed by atoms with Gasteiger partial charge in [0.05, 0.1) is 4.90 Å². The van der Waals surface area contributed by atoms with Crippen LogP contribution < -0.4 is 9.97 Å². The Balaban J connectivity index is 0.00000169. The van der Waals surface area contributed by atoms with E-state index >= 15 is 0 Å². The quantitative estimate of drug-likeness (QED) is 0.710. The first-order valence-corrected chi connectivity index (χ1v) is 5.37. The van der Waals surface area contributed by atoms with Gasteiger partial charge < -0.3 is 11.2 Å². The number of hydrogen-bond donors (Lipinski definition) is 2. The monoisotopic (exact) mass is 238 g/mol. The summed E-state index contributed by atoms with van der Waals surface area (Å²) in [4.78, 5) is 0.125. The fourth-order valence-corrected chi connectivity index (χ4v) is 1.70. The van der Waals surface area contributed by atoms with Crippen molar-refractivity contribution in [2.45, 2.75) is 11.4 Å². The third-order valence-corrected chi connectivity index (χ3v) is 3.28. The number of halogens is 1. The number of nitrogens with one attached hydrogen (secondary N) is 1. The maximum atomic E-state index is 11.1. The van der Waals surface area contributed by atoms with Gasteiger partial charge >= 0.3 is 0 Å². The first-order valence-electron chi connectivity index (χ1n) is 3.51. The summed E-state index contributed by atoms with van der Waals surface area (Å²) in [6.45, 7) is 0.384. The smallest absolute Gasteiger partial charge is 0.253 e. The topological polar surface area (TPSA) is 104 Å². The van der Waals surface area contributed by atoms with E-state index in [1.807, 2.05) is 0 Å². The predicted octanol–water partition coefficient (Wildman–Crippen LogP) is -0.247. The molecule has 0 aromatic heterocycles. The molecule has 0 unspecified atom stereocenters. The van der Waals surface area contributed by atoms with Crippen LogP contribution in [-0.2, 0) is 16.6 Å². The molecule has 0 aliphatic heterocycles. The fraction of sp³-hybridized carbons (Fsp3) is 0.143. The normalized spacial score (nSPS) is 10.7. The van der Waals surface area contributed by atoms with E-state index in [2.05, 4.69) is 0 Å². The number of rotatable bonds is 3. The molecular formula is C7H11ClN2O3S. The minimum atomic E-state index is -3.55. The molecule has 5 N–H and O–H groups in total. The van der Waals surface area contributed by atoms with Gasteiger partial charge in [-0.3, -0.25) is 0 Å². The van der Waals surface area contributed by atoms with E-state index < -0.39 is 10.0 Å². The molecule has 0 spiro atoms. The Bertz CT molecular complexity index is 376. The van der Waals surface area contributed by atoms with Gasteiger partial charge in [-0.25, -0.2) is 8.42 Å². The van der Waals surface area contributed by atoms with Crippen LogP contribution in [0.1, 0.15) is 5.56 Å². The fourth-order valence-electron chi connectivity index (χ4n) is 0.849. The molecule has 0 atom stereocenters. The standard InChI is InChI=1S/C7H9ClN2O2S.H2O/c8-10-13(11,12)7-3-1-6(5-9)2-4-7;/h1-4,10H,5,9H2;1H2. The van der Waals surface area contributed by atoms with E-state index in [0.29, 0.717) is 6.54 Å². The number of sulfonamides is 1.